The van der Waals surface area contributed by atoms with Crippen molar-refractivity contribution in [3.05, 3.63) is 82.0 Å². The number of hydrogen-bond donors (Lipinski definition) is 1. The number of likely N-dealkylation sites (N-methyl/N-ethyl adjacent to an activating group) is 1. The van der Waals surface area contributed by atoms with E-state index in [1.165, 1.54) is 18.4 Å². The number of benzene rings is 1. The van der Waals surface area contributed by atoms with E-state index in [1.54, 1.807) is 6.07 Å². The Balaban J connectivity index is 1.46. The Morgan fingerprint density at radius 3 is 2.76 bits per heavy atom. The number of rotatable bonds is 7. The van der Waals surface area contributed by atoms with Crippen LogP contribution in [0.3, 0.4) is 0 Å². The van der Waals surface area contributed by atoms with Crippen molar-refractivity contribution in [3.8, 4) is 11.4 Å². The number of H-pyrrole nitrogens is 1. The molecule has 0 saturated heterocycles. The van der Waals surface area contributed by atoms with Crippen molar-refractivity contribution in [1.29, 1.82) is 0 Å². The number of aromatic nitrogens is 3. The minimum atomic E-state index is -0.0604. The molecule has 1 saturated carbocycles. The number of pyridine rings is 1. The van der Waals surface area contributed by atoms with E-state index in [4.69, 9.17) is 4.98 Å². The molecule has 2 aromatic heterocycles. The molecule has 1 aliphatic rings. The highest BCUT2D eigenvalue weighted by Crippen LogP contribution is 2.33. The van der Waals surface area contributed by atoms with Crippen LogP contribution in [0.15, 0.2) is 59.5 Å². The highest BCUT2D eigenvalue weighted by Gasteiger charge is 2.19. The lowest BCUT2D eigenvalue weighted by molar-refractivity contribution is 0.330. The molecule has 5 nitrogen and oxygen atoms in total. The Hall–Kier alpha value is -2.79. The molecule has 0 aliphatic heterocycles. The molecule has 1 fully saturated rings. The second-order valence-corrected chi connectivity index (χ2v) is 8.01. The highest BCUT2D eigenvalue weighted by molar-refractivity contribution is 5.56. The zero-order valence-corrected chi connectivity index (χ0v) is 17.0. The third-order valence-corrected chi connectivity index (χ3v) is 5.66. The minimum Gasteiger partial charge on any atom is -0.307 e. The van der Waals surface area contributed by atoms with Crippen LogP contribution in [0.2, 0.25) is 0 Å². The Morgan fingerprint density at radius 1 is 1.10 bits per heavy atom. The summed E-state index contributed by atoms with van der Waals surface area (Å²) in [5.74, 6) is 1.11. The summed E-state index contributed by atoms with van der Waals surface area (Å²) in [5.41, 5.74) is 4.17. The van der Waals surface area contributed by atoms with Gasteiger partial charge in [-0.15, -0.1) is 0 Å². The second kappa shape index (κ2) is 9.14. The maximum absolute atomic E-state index is 12.2. The van der Waals surface area contributed by atoms with E-state index >= 15 is 0 Å². The Morgan fingerprint density at radius 2 is 1.97 bits per heavy atom. The lowest BCUT2D eigenvalue weighted by Gasteiger charge is -2.17. The van der Waals surface area contributed by atoms with Gasteiger partial charge in [0.25, 0.3) is 5.56 Å². The molecule has 0 bridgehead atoms. The molecule has 4 rings (SSSR count). The first-order valence-corrected chi connectivity index (χ1v) is 10.5. The van der Waals surface area contributed by atoms with Gasteiger partial charge in [0.1, 0.15) is 5.82 Å². The van der Waals surface area contributed by atoms with E-state index in [1.807, 2.05) is 30.5 Å². The fourth-order valence-electron chi connectivity index (χ4n) is 4.10. The molecule has 0 radical (unpaired) electrons. The van der Waals surface area contributed by atoms with Gasteiger partial charge >= 0.3 is 0 Å². The molecule has 5 heteroatoms. The SMILES string of the molecule is CN(CCc1ccccn1)Cc1cccc(-c2nc(C3CCCC3)cc(=O)[nH]2)c1. The van der Waals surface area contributed by atoms with E-state index < -0.39 is 0 Å². The lowest BCUT2D eigenvalue weighted by Crippen LogP contribution is -2.21. The number of hydrogen-bond acceptors (Lipinski definition) is 4. The minimum absolute atomic E-state index is 0.0604. The van der Waals surface area contributed by atoms with Crippen molar-refractivity contribution in [1.82, 2.24) is 19.9 Å². The lowest BCUT2D eigenvalue weighted by atomic mass is 10.0. The molecular weight excluding hydrogens is 360 g/mol. The van der Waals surface area contributed by atoms with Crippen LogP contribution in [0.4, 0.5) is 0 Å². The average molecular weight is 389 g/mol. The van der Waals surface area contributed by atoms with Crippen molar-refractivity contribution < 1.29 is 0 Å². The van der Waals surface area contributed by atoms with Crippen LogP contribution < -0.4 is 5.56 Å². The molecule has 0 unspecified atom stereocenters. The normalized spacial score (nSPS) is 14.6. The summed E-state index contributed by atoms with van der Waals surface area (Å²) in [6.07, 6.45) is 7.50. The third kappa shape index (κ3) is 5.18. The van der Waals surface area contributed by atoms with Crippen LogP contribution in [0.25, 0.3) is 11.4 Å². The van der Waals surface area contributed by atoms with Crippen molar-refractivity contribution in [2.75, 3.05) is 13.6 Å². The summed E-state index contributed by atoms with van der Waals surface area (Å²) in [5, 5.41) is 0. The molecule has 3 aromatic rings. The van der Waals surface area contributed by atoms with Crippen LogP contribution in [0.5, 0.6) is 0 Å². The highest BCUT2D eigenvalue weighted by atomic mass is 16.1. The van der Waals surface area contributed by atoms with Gasteiger partial charge in [0.05, 0.1) is 5.69 Å². The molecular formula is C24H28N4O. The summed E-state index contributed by atoms with van der Waals surface area (Å²) in [7, 11) is 2.12. The van der Waals surface area contributed by atoms with E-state index in [2.05, 4.69) is 40.1 Å². The first-order chi connectivity index (χ1) is 14.2. The van der Waals surface area contributed by atoms with Gasteiger partial charge in [-0.3, -0.25) is 9.78 Å². The fraction of sp³-hybridized carbons (Fsp3) is 0.375. The maximum Gasteiger partial charge on any atom is 0.251 e. The summed E-state index contributed by atoms with van der Waals surface area (Å²) >= 11 is 0. The van der Waals surface area contributed by atoms with Gasteiger partial charge < -0.3 is 9.88 Å². The summed E-state index contributed by atoms with van der Waals surface area (Å²) < 4.78 is 0. The Bertz CT molecular complexity index is 993. The smallest absolute Gasteiger partial charge is 0.251 e. The van der Waals surface area contributed by atoms with E-state index in [9.17, 15) is 4.79 Å². The molecule has 0 atom stereocenters. The van der Waals surface area contributed by atoms with Crippen LogP contribution >= 0.6 is 0 Å². The Labute approximate surface area is 171 Å². The molecule has 1 aliphatic carbocycles. The quantitative estimate of drug-likeness (QED) is 0.660. The third-order valence-electron chi connectivity index (χ3n) is 5.66. The van der Waals surface area contributed by atoms with Crippen LogP contribution in [-0.2, 0) is 13.0 Å². The van der Waals surface area contributed by atoms with Crippen LogP contribution in [-0.4, -0.2) is 33.4 Å². The largest absolute Gasteiger partial charge is 0.307 e. The van der Waals surface area contributed by atoms with E-state index in [-0.39, 0.29) is 5.56 Å². The Kier molecular flexibility index (Phi) is 6.15. The van der Waals surface area contributed by atoms with Gasteiger partial charge in [-0.05, 0) is 43.7 Å². The summed E-state index contributed by atoms with van der Waals surface area (Å²) in [6, 6.07) is 16.0. The van der Waals surface area contributed by atoms with Gasteiger partial charge in [-0.1, -0.05) is 37.1 Å². The number of aromatic amines is 1. The van der Waals surface area contributed by atoms with E-state index in [0.29, 0.717) is 11.7 Å². The van der Waals surface area contributed by atoms with Crippen LogP contribution in [0.1, 0.15) is 48.6 Å². The fourth-order valence-corrected chi connectivity index (χ4v) is 4.10. The van der Waals surface area contributed by atoms with Gasteiger partial charge in [0.2, 0.25) is 0 Å². The first-order valence-electron chi connectivity index (χ1n) is 10.5. The maximum atomic E-state index is 12.2. The molecule has 0 spiro atoms. The predicted molar refractivity (Wildman–Crippen MR) is 116 cm³/mol. The van der Waals surface area contributed by atoms with E-state index in [0.717, 1.165) is 49.3 Å². The molecule has 29 heavy (non-hydrogen) atoms. The van der Waals surface area contributed by atoms with Crippen LogP contribution in [0, 0.1) is 0 Å². The molecule has 1 N–H and O–H groups in total. The zero-order chi connectivity index (χ0) is 20.1. The average Bonchev–Trinajstić information content (AvgIpc) is 3.28. The van der Waals surface area contributed by atoms with Crippen molar-refractivity contribution in [3.63, 3.8) is 0 Å². The number of nitrogens with zero attached hydrogens (tertiary/aromatic N) is 3. The molecule has 0 amide bonds. The monoisotopic (exact) mass is 388 g/mol. The standard InChI is InChI=1S/C24H28N4O/c1-28(14-12-21-11-4-5-13-25-21)17-18-7-6-10-20(15-18)24-26-22(16-23(29)27-24)19-8-2-3-9-19/h4-7,10-11,13,15-16,19H,2-3,8-9,12,14,17H2,1H3,(H,26,27,29). The summed E-state index contributed by atoms with van der Waals surface area (Å²) in [6.45, 7) is 1.78. The van der Waals surface area contributed by atoms with Crippen molar-refractivity contribution in [2.24, 2.45) is 0 Å². The molecule has 1 aromatic carbocycles. The first kappa shape index (κ1) is 19.5. The van der Waals surface area contributed by atoms with Gasteiger partial charge in [-0.25, -0.2) is 4.98 Å². The van der Waals surface area contributed by atoms with Crippen molar-refractivity contribution in [2.45, 2.75) is 44.6 Å². The zero-order valence-electron chi connectivity index (χ0n) is 17.0. The van der Waals surface area contributed by atoms with Gasteiger partial charge in [0, 0.05) is 48.9 Å². The molecule has 150 valence electrons. The van der Waals surface area contributed by atoms with Crippen molar-refractivity contribution >= 4 is 0 Å². The van der Waals surface area contributed by atoms with Gasteiger partial charge in [-0.2, -0.15) is 0 Å². The predicted octanol–water partition coefficient (Wildman–Crippen LogP) is 4.16. The topological polar surface area (TPSA) is 61.9 Å². The second-order valence-electron chi connectivity index (χ2n) is 8.01. The number of nitrogens with one attached hydrogen (secondary N) is 1. The molecule has 2 heterocycles. The van der Waals surface area contributed by atoms with Gasteiger partial charge in [0.15, 0.2) is 0 Å². The summed E-state index contributed by atoms with van der Waals surface area (Å²) in [4.78, 5) is 26.6.